The number of imidazole rings is 1. The minimum Gasteiger partial charge on any atom is -0.337 e. The lowest BCUT2D eigenvalue weighted by molar-refractivity contribution is 0.0986. The minimum absolute atomic E-state index is 0.0311. The average molecular weight is 423 g/mol. The van der Waals surface area contributed by atoms with Gasteiger partial charge in [0.2, 0.25) is 0 Å². The van der Waals surface area contributed by atoms with E-state index in [0.29, 0.717) is 35.3 Å². The van der Waals surface area contributed by atoms with Crippen LogP contribution in [0, 0.1) is 23.0 Å². The summed E-state index contributed by atoms with van der Waals surface area (Å²) in [5.41, 5.74) is 0.849. The number of nitrogens with zero attached hydrogens (tertiary/aromatic N) is 5. The van der Waals surface area contributed by atoms with Crippen LogP contribution in [0.5, 0.6) is 0 Å². The number of fused-ring (bicyclic) bond motifs is 1. The molecular weight excluding hydrogens is 408 g/mol. The van der Waals surface area contributed by atoms with Gasteiger partial charge in [-0.3, -0.25) is 9.69 Å². The van der Waals surface area contributed by atoms with Crippen LogP contribution < -0.4 is 4.90 Å². The molecule has 9 heteroatoms. The Morgan fingerprint density at radius 2 is 2.03 bits per heavy atom. The topological polar surface area (TPSA) is 74.8 Å². The van der Waals surface area contributed by atoms with Crippen molar-refractivity contribution in [1.29, 1.82) is 5.26 Å². The van der Waals surface area contributed by atoms with Gasteiger partial charge < -0.3 is 4.57 Å². The fourth-order valence-electron chi connectivity index (χ4n) is 3.02. The number of amides is 1. The van der Waals surface area contributed by atoms with Gasteiger partial charge in [-0.2, -0.15) is 5.26 Å². The Kier molecular flexibility index (Phi) is 5.50. The highest BCUT2D eigenvalue weighted by Gasteiger charge is 2.22. The monoisotopic (exact) mass is 423 g/mol. The number of aryl methyl sites for hydroxylation is 1. The van der Waals surface area contributed by atoms with Gasteiger partial charge in [0.05, 0.1) is 22.7 Å². The number of nitriles is 1. The summed E-state index contributed by atoms with van der Waals surface area (Å²) in [6, 6.07) is 10.2. The van der Waals surface area contributed by atoms with Gasteiger partial charge in [-0.05, 0) is 36.8 Å². The summed E-state index contributed by atoms with van der Waals surface area (Å²) in [6.45, 7) is 0.950. The van der Waals surface area contributed by atoms with E-state index in [1.54, 1.807) is 36.8 Å². The third kappa shape index (κ3) is 4.04. The molecule has 2 aromatic carbocycles. The number of carbonyl (C=O) groups is 1. The maximum atomic E-state index is 14.1. The Morgan fingerprint density at radius 1 is 1.23 bits per heavy atom. The fraction of sp³-hybridized carbons (Fsp3) is 0.143. The predicted molar refractivity (Wildman–Crippen MR) is 109 cm³/mol. The zero-order valence-electron chi connectivity index (χ0n) is 15.6. The molecule has 0 N–H and O–H groups in total. The van der Waals surface area contributed by atoms with Crippen LogP contribution in [-0.4, -0.2) is 27.0 Å². The zero-order chi connectivity index (χ0) is 21.1. The van der Waals surface area contributed by atoms with Gasteiger partial charge in [0.1, 0.15) is 11.3 Å². The molecular formula is C21H15F2N5OS. The molecule has 0 radical (unpaired) electrons. The number of halogens is 2. The van der Waals surface area contributed by atoms with Crippen molar-refractivity contribution in [3.8, 4) is 6.07 Å². The van der Waals surface area contributed by atoms with E-state index >= 15 is 0 Å². The van der Waals surface area contributed by atoms with E-state index in [-0.39, 0.29) is 16.6 Å². The Hall–Kier alpha value is -3.64. The average Bonchev–Trinajstić information content (AvgIpc) is 3.41. The van der Waals surface area contributed by atoms with Gasteiger partial charge in [-0.25, -0.2) is 18.7 Å². The van der Waals surface area contributed by atoms with E-state index in [1.165, 1.54) is 11.0 Å². The number of aromatic nitrogens is 3. The van der Waals surface area contributed by atoms with Crippen molar-refractivity contribution in [3.63, 3.8) is 0 Å². The molecule has 1 amide bonds. The Labute approximate surface area is 174 Å². The normalized spacial score (nSPS) is 10.8. The molecule has 0 spiro atoms. The van der Waals surface area contributed by atoms with Gasteiger partial charge in [0, 0.05) is 37.1 Å². The van der Waals surface area contributed by atoms with E-state index in [4.69, 9.17) is 5.26 Å². The molecule has 0 bridgehead atoms. The van der Waals surface area contributed by atoms with Crippen molar-refractivity contribution in [3.05, 3.63) is 77.9 Å². The second-order valence-electron chi connectivity index (χ2n) is 6.53. The van der Waals surface area contributed by atoms with Crippen molar-refractivity contribution < 1.29 is 13.6 Å². The predicted octanol–water partition coefficient (Wildman–Crippen LogP) is 4.38. The van der Waals surface area contributed by atoms with Gasteiger partial charge >= 0.3 is 0 Å². The molecule has 0 fully saturated rings. The number of benzene rings is 2. The summed E-state index contributed by atoms with van der Waals surface area (Å²) in [5, 5.41) is 9.25. The fourth-order valence-corrected chi connectivity index (χ4v) is 4.05. The number of thiazole rings is 1. The number of rotatable bonds is 6. The molecule has 0 atom stereocenters. The lowest BCUT2D eigenvalue weighted by Gasteiger charge is -2.20. The Balaban J connectivity index is 1.66. The molecule has 4 aromatic rings. The highest BCUT2D eigenvalue weighted by atomic mass is 32.1. The molecule has 0 saturated carbocycles. The first-order chi connectivity index (χ1) is 14.5. The molecule has 0 unspecified atom stereocenters. The van der Waals surface area contributed by atoms with Gasteiger partial charge in [-0.1, -0.05) is 11.3 Å². The Bertz CT molecular complexity index is 1230. The van der Waals surface area contributed by atoms with E-state index in [0.717, 1.165) is 17.4 Å². The quantitative estimate of drug-likeness (QED) is 0.461. The molecule has 6 nitrogen and oxygen atoms in total. The van der Waals surface area contributed by atoms with Gasteiger partial charge in [-0.15, -0.1) is 0 Å². The van der Waals surface area contributed by atoms with Crippen LogP contribution in [0.4, 0.5) is 13.9 Å². The third-order valence-corrected chi connectivity index (χ3v) is 5.52. The molecule has 2 aromatic heterocycles. The molecule has 0 aliphatic carbocycles. The molecule has 4 rings (SSSR count). The maximum absolute atomic E-state index is 14.1. The molecule has 0 aliphatic heterocycles. The smallest absolute Gasteiger partial charge is 0.260 e. The number of hydrogen-bond donors (Lipinski definition) is 0. The number of carbonyl (C=O) groups excluding carboxylic acids is 1. The molecule has 150 valence electrons. The van der Waals surface area contributed by atoms with Crippen molar-refractivity contribution in [2.45, 2.75) is 13.0 Å². The zero-order valence-corrected chi connectivity index (χ0v) is 16.4. The number of anilines is 1. The summed E-state index contributed by atoms with van der Waals surface area (Å²) in [4.78, 5) is 22.9. The van der Waals surface area contributed by atoms with Crippen LogP contribution in [0.25, 0.3) is 10.2 Å². The summed E-state index contributed by atoms with van der Waals surface area (Å²) in [5.74, 6) is -1.79. The minimum atomic E-state index is -0.767. The first-order valence-electron chi connectivity index (χ1n) is 9.08. The maximum Gasteiger partial charge on any atom is 0.260 e. The first-order valence-corrected chi connectivity index (χ1v) is 9.90. The second-order valence-corrected chi connectivity index (χ2v) is 7.54. The summed E-state index contributed by atoms with van der Waals surface area (Å²) < 4.78 is 29.9. The summed E-state index contributed by atoms with van der Waals surface area (Å²) in [7, 11) is 0. The van der Waals surface area contributed by atoms with Crippen molar-refractivity contribution >= 4 is 32.6 Å². The van der Waals surface area contributed by atoms with Gasteiger partial charge in [0.25, 0.3) is 5.91 Å². The summed E-state index contributed by atoms with van der Waals surface area (Å²) in [6.07, 6.45) is 5.78. The largest absolute Gasteiger partial charge is 0.337 e. The van der Waals surface area contributed by atoms with Crippen molar-refractivity contribution in [2.24, 2.45) is 0 Å². The van der Waals surface area contributed by atoms with Crippen LogP contribution >= 0.6 is 11.3 Å². The third-order valence-electron chi connectivity index (χ3n) is 4.50. The van der Waals surface area contributed by atoms with E-state index in [1.807, 2.05) is 16.8 Å². The van der Waals surface area contributed by atoms with Crippen LogP contribution in [0.1, 0.15) is 22.3 Å². The van der Waals surface area contributed by atoms with Crippen molar-refractivity contribution in [1.82, 2.24) is 14.5 Å². The number of hydrogen-bond acceptors (Lipinski definition) is 5. The lowest BCUT2D eigenvalue weighted by Crippen LogP contribution is -2.32. The van der Waals surface area contributed by atoms with E-state index in [2.05, 4.69) is 9.97 Å². The van der Waals surface area contributed by atoms with Crippen molar-refractivity contribution in [2.75, 3.05) is 11.4 Å². The van der Waals surface area contributed by atoms with Crippen LogP contribution in [-0.2, 0) is 6.54 Å². The standard InChI is InChI=1S/C21H15F2N5OS/c22-16-10-17(23)19-18(11-16)30-21(26-19)28(8-1-7-27-9-6-25-13-27)20(29)15-4-2-14(12-24)3-5-15/h2-6,9-11,13H,1,7-8H2. The first kappa shape index (κ1) is 19.7. The lowest BCUT2D eigenvalue weighted by atomic mass is 10.1. The highest BCUT2D eigenvalue weighted by Crippen LogP contribution is 2.32. The molecule has 0 aliphatic rings. The van der Waals surface area contributed by atoms with Crippen LogP contribution in [0.2, 0.25) is 0 Å². The molecule has 30 heavy (non-hydrogen) atoms. The Morgan fingerprint density at radius 3 is 2.73 bits per heavy atom. The SMILES string of the molecule is N#Cc1ccc(C(=O)N(CCCn2ccnc2)c2nc3c(F)cc(F)cc3s2)cc1. The van der Waals surface area contributed by atoms with E-state index in [9.17, 15) is 13.6 Å². The van der Waals surface area contributed by atoms with Gasteiger partial charge in [0.15, 0.2) is 10.9 Å². The molecule has 2 heterocycles. The molecule has 0 saturated heterocycles. The second kappa shape index (κ2) is 8.39. The van der Waals surface area contributed by atoms with Crippen LogP contribution in [0.15, 0.2) is 55.1 Å². The van der Waals surface area contributed by atoms with E-state index < -0.39 is 11.6 Å². The van der Waals surface area contributed by atoms with Crippen LogP contribution in [0.3, 0.4) is 0 Å². The highest BCUT2D eigenvalue weighted by molar-refractivity contribution is 7.22. The summed E-state index contributed by atoms with van der Waals surface area (Å²) >= 11 is 1.05.